The highest BCUT2D eigenvalue weighted by Crippen LogP contribution is 2.28. The van der Waals surface area contributed by atoms with Crippen molar-refractivity contribution in [1.29, 1.82) is 0 Å². The van der Waals surface area contributed by atoms with Crippen LogP contribution >= 0.6 is 11.3 Å². The Labute approximate surface area is 181 Å². The third kappa shape index (κ3) is 3.80. The van der Waals surface area contributed by atoms with E-state index < -0.39 is 12.1 Å². The lowest BCUT2D eigenvalue weighted by Crippen LogP contribution is -2.11. The molecule has 0 amide bonds. The Morgan fingerprint density at radius 1 is 1.06 bits per heavy atom. The lowest BCUT2D eigenvalue weighted by Gasteiger charge is -2.12. The van der Waals surface area contributed by atoms with E-state index in [9.17, 15) is 4.79 Å². The van der Waals surface area contributed by atoms with Crippen molar-refractivity contribution in [2.45, 2.75) is 13.0 Å². The average Bonchev–Trinajstić information content (AvgIpc) is 3.51. The van der Waals surface area contributed by atoms with E-state index in [0.717, 1.165) is 10.4 Å². The maximum absolute atomic E-state index is 13.1. The van der Waals surface area contributed by atoms with E-state index in [4.69, 9.17) is 9.15 Å². The third-order valence-electron chi connectivity index (χ3n) is 4.72. The quantitative estimate of drug-likeness (QED) is 0.350. The molecule has 0 radical (unpaired) electrons. The summed E-state index contributed by atoms with van der Waals surface area (Å²) in [5, 5.41) is 10.7. The number of nitrogens with zero attached hydrogens (tertiary/aromatic N) is 4. The lowest BCUT2D eigenvalue weighted by atomic mass is 10.0. The molecular weight excluding hydrogens is 412 g/mol. The van der Waals surface area contributed by atoms with Gasteiger partial charge < -0.3 is 9.15 Å². The summed E-state index contributed by atoms with van der Waals surface area (Å²) >= 11 is 1.50. The Morgan fingerprint density at radius 2 is 1.90 bits per heavy atom. The van der Waals surface area contributed by atoms with Crippen LogP contribution in [0.2, 0.25) is 0 Å². The molecule has 4 aromatic heterocycles. The maximum atomic E-state index is 13.1. The number of ether oxygens (including phenoxy) is 1. The molecule has 0 saturated carbocycles. The largest absolute Gasteiger partial charge is 0.449 e. The molecule has 7 nitrogen and oxygen atoms in total. The second kappa shape index (κ2) is 8.08. The lowest BCUT2D eigenvalue weighted by molar-refractivity contribution is 0.0282. The topological polar surface area (TPSA) is 91.0 Å². The van der Waals surface area contributed by atoms with Gasteiger partial charge in [-0.3, -0.25) is 4.98 Å². The standard InChI is InChI=1S/C23H16N4O3S/c1-14(21-26-27-22(30-21)20-7-4-12-31-20)29-23(28)17-13-19(15-8-10-24-11-9-15)25-18-6-3-2-5-16(17)18/h2-14H,1H3. The third-order valence-corrected chi connectivity index (χ3v) is 5.57. The Bertz CT molecular complexity index is 1350. The highest BCUT2D eigenvalue weighted by molar-refractivity contribution is 7.13. The molecule has 1 aromatic carbocycles. The normalized spacial score (nSPS) is 12.0. The molecule has 0 aliphatic heterocycles. The summed E-state index contributed by atoms with van der Waals surface area (Å²) in [6.45, 7) is 1.71. The van der Waals surface area contributed by atoms with Gasteiger partial charge in [-0.25, -0.2) is 9.78 Å². The van der Waals surface area contributed by atoms with Crippen molar-refractivity contribution in [2.24, 2.45) is 0 Å². The predicted octanol–water partition coefficient (Wildman–Crippen LogP) is 5.33. The first-order chi connectivity index (χ1) is 15.2. The zero-order chi connectivity index (χ0) is 21.2. The highest BCUT2D eigenvalue weighted by atomic mass is 32.1. The molecule has 0 aliphatic carbocycles. The van der Waals surface area contributed by atoms with Gasteiger partial charge in [0.25, 0.3) is 11.8 Å². The molecule has 0 bridgehead atoms. The van der Waals surface area contributed by atoms with Crippen LogP contribution < -0.4 is 0 Å². The first-order valence-electron chi connectivity index (χ1n) is 9.57. The minimum atomic E-state index is -0.704. The van der Waals surface area contributed by atoms with Gasteiger partial charge in [0.1, 0.15) is 0 Å². The van der Waals surface area contributed by atoms with Crippen molar-refractivity contribution in [1.82, 2.24) is 20.2 Å². The summed E-state index contributed by atoms with van der Waals surface area (Å²) in [5.74, 6) is 0.156. The summed E-state index contributed by atoms with van der Waals surface area (Å²) in [4.78, 5) is 22.7. The number of para-hydroxylation sites is 1. The highest BCUT2D eigenvalue weighted by Gasteiger charge is 2.22. The van der Waals surface area contributed by atoms with E-state index in [2.05, 4.69) is 20.2 Å². The van der Waals surface area contributed by atoms with Crippen LogP contribution in [0.1, 0.15) is 29.3 Å². The molecule has 31 heavy (non-hydrogen) atoms. The number of aromatic nitrogens is 4. The molecule has 0 N–H and O–H groups in total. The van der Waals surface area contributed by atoms with Crippen LogP contribution in [0.3, 0.4) is 0 Å². The number of hydrogen-bond acceptors (Lipinski definition) is 8. The number of carbonyl (C=O) groups is 1. The summed E-state index contributed by atoms with van der Waals surface area (Å²) in [7, 11) is 0. The Balaban J connectivity index is 1.46. The molecule has 5 rings (SSSR count). The van der Waals surface area contributed by atoms with E-state index in [0.29, 0.717) is 28.1 Å². The fraction of sp³-hybridized carbons (Fsp3) is 0.0870. The number of hydrogen-bond donors (Lipinski definition) is 0. The number of rotatable bonds is 5. The zero-order valence-electron chi connectivity index (χ0n) is 16.4. The van der Waals surface area contributed by atoms with E-state index in [1.165, 1.54) is 11.3 Å². The minimum absolute atomic E-state index is 0.240. The molecule has 0 aliphatic rings. The van der Waals surface area contributed by atoms with Crippen molar-refractivity contribution in [3.8, 4) is 22.0 Å². The Hall–Kier alpha value is -3.91. The van der Waals surface area contributed by atoms with Crippen LogP contribution in [0.15, 0.2) is 76.8 Å². The van der Waals surface area contributed by atoms with Gasteiger partial charge in [0.15, 0.2) is 6.10 Å². The fourth-order valence-electron chi connectivity index (χ4n) is 3.19. The van der Waals surface area contributed by atoms with Crippen LogP contribution in [-0.4, -0.2) is 26.1 Å². The first-order valence-corrected chi connectivity index (χ1v) is 10.5. The summed E-state index contributed by atoms with van der Waals surface area (Å²) < 4.78 is 11.4. The van der Waals surface area contributed by atoms with Crippen molar-refractivity contribution < 1.29 is 13.9 Å². The van der Waals surface area contributed by atoms with Crippen LogP contribution in [-0.2, 0) is 4.74 Å². The van der Waals surface area contributed by atoms with Gasteiger partial charge in [-0.1, -0.05) is 24.3 Å². The average molecular weight is 428 g/mol. The summed E-state index contributed by atoms with van der Waals surface area (Å²) in [5.41, 5.74) is 2.65. The van der Waals surface area contributed by atoms with Gasteiger partial charge in [0.2, 0.25) is 0 Å². The van der Waals surface area contributed by atoms with E-state index in [1.807, 2.05) is 53.9 Å². The monoisotopic (exact) mass is 428 g/mol. The number of fused-ring (bicyclic) bond motifs is 1. The molecule has 1 atom stereocenters. The molecule has 152 valence electrons. The molecule has 0 saturated heterocycles. The minimum Gasteiger partial charge on any atom is -0.449 e. The second-order valence-electron chi connectivity index (χ2n) is 6.78. The predicted molar refractivity (Wildman–Crippen MR) is 116 cm³/mol. The number of benzene rings is 1. The van der Waals surface area contributed by atoms with Crippen LogP contribution in [0.25, 0.3) is 32.9 Å². The first kappa shape index (κ1) is 19.1. The SMILES string of the molecule is CC(OC(=O)c1cc(-c2ccncc2)nc2ccccc12)c1nnc(-c2cccs2)o1. The molecule has 8 heteroatoms. The van der Waals surface area contributed by atoms with Gasteiger partial charge in [0, 0.05) is 23.3 Å². The Morgan fingerprint density at radius 3 is 2.71 bits per heavy atom. The van der Waals surface area contributed by atoms with Gasteiger partial charge in [-0.2, -0.15) is 0 Å². The molecule has 4 heterocycles. The van der Waals surface area contributed by atoms with Crippen molar-refractivity contribution in [2.75, 3.05) is 0 Å². The van der Waals surface area contributed by atoms with E-state index in [1.54, 1.807) is 25.4 Å². The zero-order valence-corrected chi connectivity index (χ0v) is 17.2. The number of carbonyl (C=O) groups excluding carboxylic acids is 1. The van der Waals surface area contributed by atoms with Crippen LogP contribution in [0, 0.1) is 0 Å². The van der Waals surface area contributed by atoms with Gasteiger partial charge in [0.05, 0.1) is 21.7 Å². The number of pyridine rings is 2. The molecule has 0 fully saturated rings. The molecule has 5 aromatic rings. The summed E-state index contributed by atoms with van der Waals surface area (Å²) in [6, 6.07) is 16.7. The second-order valence-corrected chi connectivity index (χ2v) is 7.73. The number of esters is 1. The molecule has 0 spiro atoms. The van der Waals surface area contributed by atoms with Crippen molar-refractivity contribution in [3.05, 3.63) is 83.8 Å². The molecular formula is C23H16N4O3S. The van der Waals surface area contributed by atoms with Crippen LogP contribution in [0.5, 0.6) is 0 Å². The molecule has 1 unspecified atom stereocenters. The van der Waals surface area contributed by atoms with Gasteiger partial charge in [-0.15, -0.1) is 21.5 Å². The fourth-order valence-corrected chi connectivity index (χ4v) is 3.83. The van der Waals surface area contributed by atoms with E-state index in [-0.39, 0.29) is 5.89 Å². The van der Waals surface area contributed by atoms with Crippen molar-refractivity contribution >= 4 is 28.2 Å². The van der Waals surface area contributed by atoms with Crippen molar-refractivity contribution in [3.63, 3.8) is 0 Å². The summed E-state index contributed by atoms with van der Waals surface area (Å²) in [6.07, 6.45) is 2.67. The van der Waals surface area contributed by atoms with Gasteiger partial charge in [-0.05, 0) is 42.6 Å². The maximum Gasteiger partial charge on any atom is 0.339 e. The smallest absolute Gasteiger partial charge is 0.339 e. The Kier molecular flexibility index (Phi) is 4.97. The van der Waals surface area contributed by atoms with E-state index >= 15 is 0 Å². The van der Waals surface area contributed by atoms with Crippen LogP contribution in [0.4, 0.5) is 0 Å². The number of thiophene rings is 1. The van der Waals surface area contributed by atoms with Gasteiger partial charge >= 0.3 is 5.97 Å².